The lowest BCUT2D eigenvalue weighted by molar-refractivity contribution is -0.255. The molecule has 1 aromatic heterocycles. The molecule has 1 rings (SSSR count). The third-order valence-corrected chi connectivity index (χ3v) is 0.834. The molecule has 0 atom stereocenters. The molecule has 42 valence electrons. The van der Waals surface area contributed by atoms with E-state index in [-0.39, 0.29) is 5.56 Å². The first-order chi connectivity index (χ1) is 3.80. The highest BCUT2D eigenvalue weighted by atomic mass is 16.4. The molecule has 1 aromatic rings. The number of rotatable bonds is 1. The highest BCUT2D eigenvalue weighted by molar-refractivity contribution is 5.85. The summed E-state index contributed by atoms with van der Waals surface area (Å²) in [6.45, 7) is 0. The molecule has 0 saturated carbocycles. The van der Waals surface area contributed by atoms with Crippen molar-refractivity contribution in [2.75, 3.05) is 0 Å². The largest absolute Gasteiger partial charge is 0.545 e. The number of nitrogens with one attached hydrogen (secondary N) is 1. The molecular weight excluding hydrogens is 106 g/mol. The van der Waals surface area contributed by atoms with Crippen LogP contribution >= 0.6 is 0 Å². The summed E-state index contributed by atoms with van der Waals surface area (Å²) in [5, 5.41) is 9.93. The highest BCUT2D eigenvalue weighted by Crippen LogP contribution is 1.91. The molecule has 0 aliphatic carbocycles. The van der Waals surface area contributed by atoms with E-state index in [0.29, 0.717) is 0 Å². The molecule has 1 N–H and O–H groups in total. The van der Waals surface area contributed by atoms with Crippen LogP contribution in [0.25, 0.3) is 0 Å². The van der Waals surface area contributed by atoms with Crippen LogP contribution in [0.1, 0.15) is 10.4 Å². The second-order valence-electron chi connectivity index (χ2n) is 1.39. The zero-order valence-electron chi connectivity index (χ0n) is 4.05. The third kappa shape index (κ3) is 0.703. The number of hydrogen-bond donors (Lipinski definition) is 1. The molecule has 0 aromatic carbocycles. The van der Waals surface area contributed by atoms with Gasteiger partial charge < -0.3 is 14.9 Å². The minimum Gasteiger partial charge on any atom is -0.545 e. The summed E-state index contributed by atoms with van der Waals surface area (Å²) in [5.74, 6) is -1.15. The number of aromatic nitrogens is 1. The number of carbonyl (C=O) groups excluding carboxylic acids is 1. The van der Waals surface area contributed by atoms with Crippen LogP contribution in [-0.2, 0) is 0 Å². The van der Waals surface area contributed by atoms with E-state index in [1.54, 1.807) is 0 Å². The molecule has 0 spiro atoms. The fraction of sp³-hybridized carbons (Fsp3) is 0. The van der Waals surface area contributed by atoms with Crippen LogP contribution in [-0.4, -0.2) is 11.0 Å². The number of carbonyl (C=O) groups is 1. The Hall–Kier alpha value is -1.25. The molecule has 0 aliphatic rings. The number of aromatic amines is 1. The molecule has 0 saturated heterocycles. The van der Waals surface area contributed by atoms with Gasteiger partial charge in [-0.25, -0.2) is 0 Å². The molecule has 3 nitrogen and oxygen atoms in total. The molecule has 1 heterocycles. The number of H-pyrrole nitrogens is 1. The van der Waals surface area contributed by atoms with Crippen molar-refractivity contribution in [1.82, 2.24) is 4.98 Å². The van der Waals surface area contributed by atoms with Gasteiger partial charge in [-0.1, -0.05) is 0 Å². The van der Waals surface area contributed by atoms with Gasteiger partial charge in [-0.15, -0.1) is 0 Å². The van der Waals surface area contributed by atoms with Crippen molar-refractivity contribution in [3.63, 3.8) is 0 Å². The Morgan fingerprint density at radius 3 is 2.75 bits per heavy atom. The van der Waals surface area contributed by atoms with Crippen LogP contribution in [0.15, 0.2) is 18.5 Å². The minimum absolute atomic E-state index is 0.185. The maximum Gasteiger partial charge on any atom is 0.0730 e. The second kappa shape index (κ2) is 1.69. The van der Waals surface area contributed by atoms with Gasteiger partial charge in [0.2, 0.25) is 0 Å². The van der Waals surface area contributed by atoms with E-state index < -0.39 is 5.97 Å². The minimum atomic E-state index is -1.15. The van der Waals surface area contributed by atoms with Crippen molar-refractivity contribution in [2.45, 2.75) is 0 Å². The SMILES string of the molecule is O=C([O-])c1cc[nH]c1. The Bertz CT molecular complexity index is 178. The van der Waals surface area contributed by atoms with Crippen molar-refractivity contribution < 1.29 is 9.90 Å². The number of aromatic carboxylic acids is 1. The van der Waals surface area contributed by atoms with E-state index in [4.69, 9.17) is 0 Å². The van der Waals surface area contributed by atoms with Crippen molar-refractivity contribution in [3.8, 4) is 0 Å². The van der Waals surface area contributed by atoms with Crippen LogP contribution in [0.4, 0.5) is 0 Å². The molecule has 0 radical (unpaired) electrons. The van der Waals surface area contributed by atoms with Gasteiger partial charge in [-0.05, 0) is 6.07 Å². The Balaban J connectivity index is 2.93. The molecule has 0 amide bonds. The van der Waals surface area contributed by atoms with Gasteiger partial charge in [-0.2, -0.15) is 0 Å². The first kappa shape index (κ1) is 4.90. The molecule has 3 heteroatoms. The second-order valence-corrected chi connectivity index (χ2v) is 1.39. The van der Waals surface area contributed by atoms with Gasteiger partial charge in [-0.3, -0.25) is 0 Å². The zero-order chi connectivity index (χ0) is 5.98. The van der Waals surface area contributed by atoms with Crippen LogP contribution in [0.3, 0.4) is 0 Å². The van der Waals surface area contributed by atoms with Crippen LogP contribution in [0, 0.1) is 0 Å². The quantitative estimate of drug-likeness (QED) is 0.523. The smallest absolute Gasteiger partial charge is 0.0730 e. The Kier molecular flexibility index (Phi) is 1.04. The van der Waals surface area contributed by atoms with Crippen molar-refractivity contribution >= 4 is 5.97 Å². The molecule has 0 unspecified atom stereocenters. The summed E-state index contributed by atoms with van der Waals surface area (Å²) < 4.78 is 0. The maximum atomic E-state index is 9.93. The van der Waals surface area contributed by atoms with E-state index in [9.17, 15) is 9.90 Å². The molecule has 0 aliphatic heterocycles. The summed E-state index contributed by atoms with van der Waals surface area (Å²) >= 11 is 0. The predicted octanol–water partition coefficient (Wildman–Crippen LogP) is -0.622. The summed E-state index contributed by atoms with van der Waals surface area (Å²) in [6, 6.07) is 1.44. The lowest BCUT2D eigenvalue weighted by atomic mass is 10.4. The van der Waals surface area contributed by atoms with Crippen LogP contribution in [0.5, 0.6) is 0 Å². The lowest BCUT2D eigenvalue weighted by Gasteiger charge is -1.92. The molecule has 8 heavy (non-hydrogen) atoms. The Morgan fingerprint density at radius 2 is 2.50 bits per heavy atom. The van der Waals surface area contributed by atoms with Crippen molar-refractivity contribution in [3.05, 3.63) is 24.0 Å². The normalized spacial score (nSPS) is 9.00. The Morgan fingerprint density at radius 1 is 1.75 bits per heavy atom. The van der Waals surface area contributed by atoms with Gasteiger partial charge in [0.1, 0.15) is 0 Å². The van der Waals surface area contributed by atoms with Gasteiger partial charge in [0.25, 0.3) is 0 Å². The summed E-state index contributed by atoms with van der Waals surface area (Å²) in [6.07, 6.45) is 2.90. The third-order valence-electron chi connectivity index (χ3n) is 0.834. The van der Waals surface area contributed by atoms with Gasteiger partial charge in [0, 0.05) is 18.0 Å². The monoisotopic (exact) mass is 110 g/mol. The fourth-order valence-corrected chi connectivity index (χ4v) is 0.451. The molecular formula is C5H4NO2-. The van der Waals surface area contributed by atoms with Crippen LogP contribution < -0.4 is 5.11 Å². The first-order valence-corrected chi connectivity index (χ1v) is 2.15. The predicted molar refractivity (Wildman–Crippen MR) is 25.1 cm³/mol. The van der Waals surface area contributed by atoms with Crippen molar-refractivity contribution in [1.29, 1.82) is 0 Å². The number of carboxylic acids is 1. The number of hydrogen-bond acceptors (Lipinski definition) is 2. The van der Waals surface area contributed by atoms with E-state index in [1.807, 2.05) is 0 Å². The summed E-state index contributed by atoms with van der Waals surface area (Å²) in [4.78, 5) is 12.5. The zero-order valence-corrected chi connectivity index (χ0v) is 4.05. The average Bonchev–Trinajstić information content (AvgIpc) is 2.12. The van der Waals surface area contributed by atoms with Crippen molar-refractivity contribution in [2.24, 2.45) is 0 Å². The van der Waals surface area contributed by atoms with Gasteiger partial charge in [0.15, 0.2) is 0 Å². The van der Waals surface area contributed by atoms with Gasteiger partial charge in [0.05, 0.1) is 5.97 Å². The highest BCUT2D eigenvalue weighted by Gasteiger charge is 1.87. The van der Waals surface area contributed by atoms with Gasteiger partial charge >= 0.3 is 0 Å². The lowest BCUT2D eigenvalue weighted by Crippen LogP contribution is -2.21. The Labute approximate surface area is 46.0 Å². The van der Waals surface area contributed by atoms with E-state index >= 15 is 0 Å². The van der Waals surface area contributed by atoms with Crippen LogP contribution in [0.2, 0.25) is 0 Å². The summed E-state index contributed by atoms with van der Waals surface area (Å²) in [5.41, 5.74) is 0.185. The number of carboxylic acid groups (broad SMARTS) is 1. The topological polar surface area (TPSA) is 55.9 Å². The molecule has 0 fully saturated rings. The van der Waals surface area contributed by atoms with E-state index in [2.05, 4.69) is 4.98 Å². The van der Waals surface area contributed by atoms with E-state index in [0.717, 1.165) is 0 Å². The fourth-order valence-electron chi connectivity index (χ4n) is 0.451. The standard InChI is InChI=1S/C5H5NO2/c7-5(8)4-1-2-6-3-4/h1-3,6H,(H,7,8)/p-1. The molecule has 0 bridgehead atoms. The summed E-state index contributed by atoms with van der Waals surface area (Å²) in [7, 11) is 0. The average molecular weight is 110 g/mol. The maximum absolute atomic E-state index is 9.93. The van der Waals surface area contributed by atoms with E-state index in [1.165, 1.54) is 18.5 Å². The first-order valence-electron chi connectivity index (χ1n) is 2.15.